The van der Waals surface area contributed by atoms with Crippen LogP contribution in [-0.2, 0) is 4.79 Å². The average Bonchev–Trinajstić information content (AvgIpc) is 2.90. The SMILES string of the molecule is CCNc1nnc(SC(C)C(=O)Nc2c(C)cccc2C)s1. The molecule has 2 aromatic rings. The molecule has 5 nitrogen and oxygen atoms in total. The molecule has 1 atom stereocenters. The van der Waals surface area contributed by atoms with Crippen LogP contribution in [0.15, 0.2) is 22.5 Å². The van der Waals surface area contributed by atoms with Gasteiger partial charge in [0.15, 0.2) is 4.34 Å². The van der Waals surface area contributed by atoms with E-state index in [1.54, 1.807) is 0 Å². The summed E-state index contributed by atoms with van der Waals surface area (Å²) in [7, 11) is 0. The summed E-state index contributed by atoms with van der Waals surface area (Å²) < 4.78 is 0.792. The van der Waals surface area contributed by atoms with E-state index in [2.05, 4.69) is 20.8 Å². The van der Waals surface area contributed by atoms with E-state index in [0.717, 1.165) is 32.8 Å². The molecule has 0 aliphatic rings. The summed E-state index contributed by atoms with van der Waals surface area (Å²) in [6.07, 6.45) is 0. The number of hydrogen-bond acceptors (Lipinski definition) is 6. The van der Waals surface area contributed by atoms with Gasteiger partial charge in [0.1, 0.15) is 0 Å². The summed E-state index contributed by atoms with van der Waals surface area (Å²) in [5.41, 5.74) is 3.03. The monoisotopic (exact) mass is 336 g/mol. The molecule has 1 unspecified atom stereocenters. The quantitative estimate of drug-likeness (QED) is 0.787. The minimum Gasteiger partial charge on any atom is -0.360 e. The smallest absolute Gasteiger partial charge is 0.237 e. The highest BCUT2D eigenvalue weighted by Crippen LogP contribution is 2.30. The van der Waals surface area contributed by atoms with Crippen LogP contribution in [0.25, 0.3) is 0 Å². The third-order valence-corrected chi connectivity index (χ3v) is 5.18. The summed E-state index contributed by atoms with van der Waals surface area (Å²) in [6, 6.07) is 5.98. The van der Waals surface area contributed by atoms with Gasteiger partial charge in [0.05, 0.1) is 5.25 Å². The predicted molar refractivity (Wildman–Crippen MR) is 93.9 cm³/mol. The van der Waals surface area contributed by atoms with Crippen LogP contribution < -0.4 is 10.6 Å². The standard InChI is InChI=1S/C15H20N4OS2/c1-5-16-14-18-19-15(22-14)21-11(4)13(20)17-12-9(2)7-6-8-10(12)3/h6-8,11H,5H2,1-4H3,(H,16,18)(H,17,20). The van der Waals surface area contributed by atoms with Crippen molar-refractivity contribution in [1.29, 1.82) is 0 Å². The largest absolute Gasteiger partial charge is 0.360 e. The van der Waals surface area contributed by atoms with Crippen LogP contribution >= 0.6 is 23.1 Å². The van der Waals surface area contributed by atoms with Gasteiger partial charge in [-0.05, 0) is 38.8 Å². The van der Waals surface area contributed by atoms with Gasteiger partial charge in [-0.1, -0.05) is 41.3 Å². The Morgan fingerprint density at radius 1 is 1.32 bits per heavy atom. The van der Waals surface area contributed by atoms with Gasteiger partial charge in [-0.3, -0.25) is 4.79 Å². The van der Waals surface area contributed by atoms with E-state index in [1.807, 2.05) is 45.9 Å². The maximum Gasteiger partial charge on any atom is 0.237 e. The Labute approximate surface area is 138 Å². The Kier molecular flexibility index (Phi) is 5.79. The van der Waals surface area contributed by atoms with Gasteiger partial charge in [0.25, 0.3) is 0 Å². The molecule has 2 rings (SSSR count). The van der Waals surface area contributed by atoms with E-state index in [9.17, 15) is 4.79 Å². The van der Waals surface area contributed by atoms with Crippen molar-refractivity contribution in [2.24, 2.45) is 0 Å². The number of rotatable bonds is 6. The molecule has 0 radical (unpaired) electrons. The third kappa shape index (κ3) is 4.20. The molecule has 1 aromatic carbocycles. The maximum atomic E-state index is 12.4. The molecule has 7 heteroatoms. The number of carbonyl (C=O) groups is 1. The Hall–Kier alpha value is -1.60. The van der Waals surface area contributed by atoms with Gasteiger partial charge in [-0.15, -0.1) is 10.2 Å². The number of anilines is 2. The lowest BCUT2D eigenvalue weighted by Gasteiger charge is -2.14. The van der Waals surface area contributed by atoms with E-state index in [4.69, 9.17) is 0 Å². The van der Waals surface area contributed by atoms with Crippen molar-refractivity contribution in [1.82, 2.24) is 10.2 Å². The fourth-order valence-corrected chi connectivity index (χ4v) is 3.89. The molecule has 0 bridgehead atoms. The summed E-state index contributed by atoms with van der Waals surface area (Å²) in [5.74, 6) is -0.0254. The lowest BCUT2D eigenvalue weighted by molar-refractivity contribution is -0.115. The third-order valence-electron chi connectivity index (χ3n) is 3.11. The molecule has 2 N–H and O–H groups in total. The summed E-state index contributed by atoms with van der Waals surface area (Å²) in [5, 5.41) is 14.8. The molecule has 0 aliphatic heterocycles. The number of aromatic nitrogens is 2. The van der Waals surface area contributed by atoms with Crippen LogP contribution in [0.1, 0.15) is 25.0 Å². The minimum atomic E-state index is -0.235. The van der Waals surface area contributed by atoms with E-state index in [0.29, 0.717) is 0 Å². The first-order valence-corrected chi connectivity index (χ1v) is 8.82. The topological polar surface area (TPSA) is 66.9 Å². The fourth-order valence-electron chi connectivity index (χ4n) is 1.92. The van der Waals surface area contributed by atoms with Gasteiger partial charge in [0, 0.05) is 12.2 Å². The number of thioether (sulfide) groups is 1. The van der Waals surface area contributed by atoms with Crippen LogP contribution in [-0.4, -0.2) is 27.9 Å². The molecule has 118 valence electrons. The first kappa shape index (κ1) is 16.8. The zero-order valence-electron chi connectivity index (χ0n) is 13.1. The molecule has 1 aromatic heterocycles. The average molecular weight is 336 g/mol. The molecule has 1 amide bonds. The van der Waals surface area contributed by atoms with E-state index >= 15 is 0 Å². The molecular weight excluding hydrogens is 316 g/mol. The van der Waals surface area contributed by atoms with Gasteiger partial charge < -0.3 is 10.6 Å². The maximum absolute atomic E-state index is 12.4. The normalized spacial score (nSPS) is 12.0. The minimum absolute atomic E-state index is 0.0254. The van der Waals surface area contributed by atoms with E-state index in [1.165, 1.54) is 23.1 Å². The van der Waals surface area contributed by atoms with Gasteiger partial charge >= 0.3 is 0 Å². The van der Waals surface area contributed by atoms with Crippen molar-refractivity contribution < 1.29 is 4.79 Å². The molecule has 0 spiro atoms. The first-order valence-electron chi connectivity index (χ1n) is 7.12. The van der Waals surface area contributed by atoms with Crippen molar-refractivity contribution in [3.63, 3.8) is 0 Å². The molecule has 1 heterocycles. The summed E-state index contributed by atoms with van der Waals surface area (Å²) >= 11 is 2.89. The lowest BCUT2D eigenvalue weighted by Crippen LogP contribution is -2.23. The summed E-state index contributed by atoms with van der Waals surface area (Å²) in [4.78, 5) is 12.4. The molecule has 0 fully saturated rings. The number of hydrogen-bond donors (Lipinski definition) is 2. The van der Waals surface area contributed by atoms with Gasteiger partial charge in [0.2, 0.25) is 11.0 Å². The highest BCUT2D eigenvalue weighted by Gasteiger charge is 2.18. The van der Waals surface area contributed by atoms with Gasteiger partial charge in [-0.25, -0.2) is 0 Å². The molecule has 0 saturated carbocycles. The number of benzene rings is 1. The first-order chi connectivity index (χ1) is 10.5. The number of aryl methyl sites for hydroxylation is 2. The van der Waals surface area contributed by atoms with Crippen molar-refractivity contribution >= 4 is 39.8 Å². The lowest BCUT2D eigenvalue weighted by atomic mass is 10.1. The van der Waals surface area contributed by atoms with Crippen molar-refractivity contribution in [3.05, 3.63) is 29.3 Å². The Morgan fingerprint density at radius 3 is 2.64 bits per heavy atom. The molecule has 0 saturated heterocycles. The van der Waals surface area contributed by atoms with Crippen molar-refractivity contribution in [2.75, 3.05) is 17.2 Å². The number of carbonyl (C=O) groups excluding carboxylic acids is 1. The second kappa shape index (κ2) is 7.60. The zero-order chi connectivity index (χ0) is 16.1. The number of para-hydroxylation sites is 1. The highest BCUT2D eigenvalue weighted by molar-refractivity contribution is 8.02. The van der Waals surface area contributed by atoms with Crippen molar-refractivity contribution in [2.45, 2.75) is 37.3 Å². The predicted octanol–water partition coefficient (Wildman–Crippen LogP) is 3.71. The number of nitrogens with zero attached hydrogens (tertiary/aromatic N) is 2. The van der Waals surface area contributed by atoms with E-state index in [-0.39, 0.29) is 11.2 Å². The van der Waals surface area contributed by atoms with Crippen LogP contribution in [0.5, 0.6) is 0 Å². The Bertz CT molecular complexity index is 636. The number of amides is 1. The van der Waals surface area contributed by atoms with Gasteiger partial charge in [-0.2, -0.15) is 0 Å². The molecule has 0 aliphatic carbocycles. The second-order valence-electron chi connectivity index (χ2n) is 4.92. The second-order valence-corrected chi connectivity index (χ2v) is 7.49. The molecular formula is C15H20N4OS2. The Morgan fingerprint density at radius 2 is 2.00 bits per heavy atom. The summed E-state index contributed by atoms with van der Waals surface area (Å²) in [6.45, 7) is 8.68. The number of nitrogens with one attached hydrogen (secondary N) is 2. The highest BCUT2D eigenvalue weighted by atomic mass is 32.2. The fraction of sp³-hybridized carbons (Fsp3) is 0.400. The van der Waals surface area contributed by atoms with Crippen molar-refractivity contribution in [3.8, 4) is 0 Å². The molecule has 22 heavy (non-hydrogen) atoms. The zero-order valence-corrected chi connectivity index (χ0v) is 14.8. The van der Waals surface area contributed by atoms with E-state index < -0.39 is 0 Å². The Balaban J connectivity index is 1.99. The van der Waals surface area contributed by atoms with Crippen LogP contribution in [0.2, 0.25) is 0 Å². The van der Waals surface area contributed by atoms with Crippen LogP contribution in [0.4, 0.5) is 10.8 Å². The van der Waals surface area contributed by atoms with Crippen LogP contribution in [0.3, 0.4) is 0 Å². The van der Waals surface area contributed by atoms with Crippen LogP contribution in [0, 0.1) is 13.8 Å².